The smallest absolute Gasteiger partial charge is 0.253 e. The van der Waals surface area contributed by atoms with E-state index in [0.29, 0.717) is 24.2 Å². The summed E-state index contributed by atoms with van der Waals surface area (Å²) in [6.45, 7) is 6.30. The third-order valence-electron chi connectivity index (χ3n) is 6.86. The first-order valence-corrected chi connectivity index (χ1v) is 15.0. The lowest BCUT2D eigenvalue weighted by Gasteiger charge is -2.11. The third-order valence-corrected chi connectivity index (χ3v) is 6.86. The number of carbonyl (C=O) groups is 2. The zero-order valence-corrected chi connectivity index (χ0v) is 23.3. The quantitative estimate of drug-likeness (QED) is 0.110. The zero-order valence-electron chi connectivity index (χ0n) is 23.3. The van der Waals surface area contributed by atoms with E-state index >= 15 is 0 Å². The first-order chi connectivity index (χ1) is 17.7. The van der Waals surface area contributed by atoms with Gasteiger partial charge in [-0.15, -0.1) is 6.58 Å². The van der Waals surface area contributed by atoms with Gasteiger partial charge in [0.05, 0.1) is 11.3 Å². The van der Waals surface area contributed by atoms with Crippen LogP contribution in [0, 0.1) is 0 Å². The molecule has 36 heavy (non-hydrogen) atoms. The van der Waals surface area contributed by atoms with Crippen LogP contribution in [0.25, 0.3) is 0 Å². The van der Waals surface area contributed by atoms with Crippen LogP contribution in [-0.4, -0.2) is 18.4 Å². The Labute approximate surface area is 222 Å². The molecule has 2 N–H and O–H groups in total. The average Bonchev–Trinajstić information content (AvgIpc) is 2.89. The second kappa shape index (κ2) is 23.3. The molecule has 0 bridgehead atoms. The fraction of sp³-hybridized carbons (Fsp3) is 0.688. The molecule has 1 aromatic carbocycles. The van der Waals surface area contributed by atoms with Crippen LogP contribution in [-0.2, 0) is 4.79 Å². The number of nitrogens with one attached hydrogen (secondary N) is 2. The normalized spacial score (nSPS) is 10.8. The van der Waals surface area contributed by atoms with Crippen molar-refractivity contribution in [3.05, 3.63) is 42.5 Å². The molecular formula is C32H54N2O2. The maximum Gasteiger partial charge on any atom is 0.253 e. The van der Waals surface area contributed by atoms with Crippen molar-refractivity contribution in [2.24, 2.45) is 0 Å². The SMILES string of the molecule is C=CCNC(=O)c1ccccc1NC(=O)CCCCCCCCCCCCCCCCCCCCC. The number of anilines is 1. The highest BCUT2D eigenvalue weighted by atomic mass is 16.2. The van der Waals surface area contributed by atoms with Gasteiger partial charge in [-0.3, -0.25) is 9.59 Å². The van der Waals surface area contributed by atoms with Gasteiger partial charge in [-0.25, -0.2) is 0 Å². The van der Waals surface area contributed by atoms with Crippen LogP contribution in [0.3, 0.4) is 0 Å². The van der Waals surface area contributed by atoms with Crippen LogP contribution >= 0.6 is 0 Å². The van der Waals surface area contributed by atoms with E-state index in [9.17, 15) is 9.59 Å². The van der Waals surface area contributed by atoms with Crippen LogP contribution in [0.15, 0.2) is 36.9 Å². The number of para-hydroxylation sites is 1. The molecule has 2 amide bonds. The molecule has 0 saturated carbocycles. The van der Waals surface area contributed by atoms with E-state index in [1.165, 1.54) is 109 Å². The maximum atomic E-state index is 12.3. The minimum Gasteiger partial charge on any atom is -0.349 e. The van der Waals surface area contributed by atoms with Gasteiger partial charge in [0.2, 0.25) is 5.91 Å². The Hall–Kier alpha value is -2.10. The molecule has 0 saturated heterocycles. The highest BCUT2D eigenvalue weighted by Gasteiger charge is 2.12. The molecule has 204 valence electrons. The lowest BCUT2D eigenvalue weighted by atomic mass is 10.0. The molecule has 0 aliphatic carbocycles. The standard InChI is InChI=1S/C32H54N2O2/c1-3-5-6-7-8-9-10-11-12-13-14-15-16-17-18-19-20-21-22-27-31(35)34-30-26-24-23-25-29(30)32(36)33-28-4-2/h4,23-26H,2-3,5-22,27-28H2,1H3,(H,33,36)(H,34,35). The average molecular weight is 499 g/mol. The van der Waals surface area contributed by atoms with Crippen LogP contribution in [0.2, 0.25) is 0 Å². The number of unbranched alkanes of at least 4 members (excludes halogenated alkanes) is 18. The molecule has 0 atom stereocenters. The molecule has 0 unspecified atom stereocenters. The van der Waals surface area contributed by atoms with Gasteiger partial charge in [-0.2, -0.15) is 0 Å². The monoisotopic (exact) mass is 498 g/mol. The molecule has 0 aliphatic rings. The number of hydrogen-bond acceptors (Lipinski definition) is 2. The molecule has 0 heterocycles. The van der Waals surface area contributed by atoms with E-state index in [1.807, 2.05) is 6.07 Å². The summed E-state index contributed by atoms with van der Waals surface area (Å²) in [6, 6.07) is 7.14. The Kier molecular flexibility index (Phi) is 20.7. The molecule has 0 spiro atoms. The van der Waals surface area contributed by atoms with Gasteiger partial charge in [-0.1, -0.05) is 141 Å². The second-order valence-electron chi connectivity index (χ2n) is 10.2. The fourth-order valence-corrected chi connectivity index (χ4v) is 4.63. The minimum atomic E-state index is -0.200. The van der Waals surface area contributed by atoms with Gasteiger partial charge < -0.3 is 10.6 Å². The molecule has 1 aromatic rings. The summed E-state index contributed by atoms with van der Waals surface area (Å²) in [4.78, 5) is 24.6. The molecule has 4 nitrogen and oxygen atoms in total. The summed E-state index contributed by atoms with van der Waals surface area (Å²) in [5, 5.41) is 5.66. The van der Waals surface area contributed by atoms with E-state index in [1.54, 1.807) is 24.3 Å². The van der Waals surface area contributed by atoms with Gasteiger partial charge in [0, 0.05) is 13.0 Å². The van der Waals surface area contributed by atoms with Crippen LogP contribution in [0.4, 0.5) is 5.69 Å². The van der Waals surface area contributed by atoms with E-state index in [4.69, 9.17) is 0 Å². The first kappa shape index (κ1) is 31.9. The molecule has 0 radical (unpaired) electrons. The van der Waals surface area contributed by atoms with Crippen molar-refractivity contribution in [3.8, 4) is 0 Å². The number of rotatable bonds is 24. The van der Waals surface area contributed by atoms with Crippen molar-refractivity contribution in [3.63, 3.8) is 0 Å². The lowest BCUT2D eigenvalue weighted by molar-refractivity contribution is -0.116. The van der Waals surface area contributed by atoms with E-state index in [2.05, 4.69) is 24.1 Å². The van der Waals surface area contributed by atoms with Crippen molar-refractivity contribution in [1.82, 2.24) is 5.32 Å². The highest BCUT2D eigenvalue weighted by molar-refractivity contribution is 6.03. The summed E-state index contributed by atoms with van der Waals surface area (Å²) >= 11 is 0. The minimum absolute atomic E-state index is 0.0223. The summed E-state index contributed by atoms with van der Waals surface area (Å²) in [7, 11) is 0. The summed E-state index contributed by atoms with van der Waals surface area (Å²) < 4.78 is 0. The summed E-state index contributed by atoms with van der Waals surface area (Å²) in [5.74, 6) is -0.222. The fourth-order valence-electron chi connectivity index (χ4n) is 4.63. The van der Waals surface area contributed by atoms with Crippen molar-refractivity contribution >= 4 is 17.5 Å². The Morgan fingerprint density at radius 2 is 1.14 bits per heavy atom. The topological polar surface area (TPSA) is 58.2 Å². The van der Waals surface area contributed by atoms with E-state index in [-0.39, 0.29) is 11.8 Å². The summed E-state index contributed by atoms with van der Waals surface area (Å²) in [6.07, 6.45) is 27.7. The zero-order chi connectivity index (χ0) is 26.1. The van der Waals surface area contributed by atoms with Gasteiger partial charge in [0.1, 0.15) is 0 Å². The Morgan fingerprint density at radius 1 is 0.694 bits per heavy atom. The lowest BCUT2D eigenvalue weighted by Crippen LogP contribution is -2.25. The predicted octanol–water partition coefficient (Wildman–Crippen LogP) is 9.36. The Balaban J connectivity index is 1.92. The van der Waals surface area contributed by atoms with Crippen LogP contribution in [0.5, 0.6) is 0 Å². The molecule has 0 aromatic heterocycles. The van der Waals surface area contributed by atoms with Gasteiger partial charge >= 0.3 is 0 Å². The predicted molar refractivity (Wildman–Crippen MR) is 156 cm³/mol. The highest BCUT2D eigenvalue weighted by Crippen LogP contribution is 2.17. The molecular weight excluding hydrogens is 444 g/mol. The van der Waals surface area contributed by atoms with Crippen LogP contribution in [0.1, 0.15) is 146 Å². The van der Waals surface area contributed by atoms with E-state index < -0.39 is 0 Å². The van der Waals surface area contributed by atoms with Crippen molar-refractivity contribution in [2.45, 2.75) is 135 Å². The van der Waals surface area contributed by atoms with Gasteiger partial charge in [0.15, 0.2) is 0 Å². The van der Waals surface area contributed by atoms with Crippen molar-refractivity contribution in [2.75, 3.05) is 11.9 Å². The molecule has 0 fully saturated rings. The Morgan fingerprint density at radius 3 is 1.61 bits per heavy atom. The van der Waals surface area contributed by atoms with Gasteiger partial charge in [0.25, 0.3) is 5.91 Å². The number of amides is 2. The van der Waals surface area contributed by atoms with Crippen molar-refractivity contribution < 1.29 is 9.59 Å². The second-order valence-corrected chi connectivity index (χ2v) is 10.2. The van der Waals surface area contributed by atoms with Crippen LogP contribution < -0.4 is 10.6 Å². The molecule has 4 heteroatoms. The van der Waals surface area contributed by atoms with E-state index in [0.717, 1.165) is 12.8 Å². The summed E-state index contributed by atoms with van der Waals surface area (Å²) in [5.41, 5.74) is 1.06. The molecule has 0 aliphatic heterocycles. The number of hydrogen-bond donors (Lipinski definition) is 2. The Bertz CT molecular complexity index is 701. The molecule has 1 rings (SSSR count). The maximum absolute atomic E-state index is 12.3. The third kappa shape index (κ3) is 17.3. The van der Waals surface area contributed by atoms with Crippen molar-refractivity contribution in [1.29, 1.82) is 0 Å². The number of benzene rings is 1. The number of carbonyl (C=O) groups excluding carboxylic acids is 2. The largest absolute Gasteiger partial charge is 0.349 e. The van der Waals surface area contributed by atoms with Gasteiger partial charge in [-0.05, 0) is 18.6 Å². The first-order valence-electron chi connectivity index (χ1n) is 15.0.